The number of hydrogen-bond acceptors (Lipinski definition) is 6. The second-order valence-electron chi connectivity index (χ2n) is 6.75. The summed E-state index contributed by atoms with van der Waals surface area (Å²) in [5.41, 5.74) is 0. The zero-order chi connectivity index (χ0) is 17.3. The number of aliphatic carboxylic acids is 1. The van der Waals surface area contributed by atoms with Gasteiger partial charge in [-0.2, -0.15) is 5.21 Å². The van der Waals surface area contributed by atoms with Crippen molar-refractivity contribution in [2.45, 2.75) is 44.3 Å². The molecular weight excluding hydrogens is 316 g/mol. The van der Waals surface area contributed by atoms with Gasteiger partial charge in [-0.25, -0.2) is 9.59 Å². The van der Waals surface area contributed by atoms with Crippen LogP contribution in [0.25, 0.3) is 0 Å². The summed E-state index contributed by atoms with van der Waals surface area (Å²) in [5.74, 6) is 0.0431. The number of aromatic nitrogens is 4. The number of carboxylic acid groups (broad SMARTS) is 2. The van der Waals surface area contributed by atoms with Gasteiger partial charge in [-0.05, 0) is 44.6 Å². The number of amides is 1. The monoisotopic (exact) mass is 338 g/mol. The lowest BCUT2D eigenvalue weighted by Gasteiger charge is -2.46. The number of fused-ring (bicyclic) bond motifs is 1. The van der Waals surface area contributed by atoms with Gasteiger partial charge in [-0.15, -0.1) is 10.2 Å². The Bertz CT molecular complexity index is 594. The molecule has 2 heterocycles. The highest BCUT2D eigenvalue weighted by atomic mass is 16.4. The molecule has 0 aromatic carbocycles. The molecule has 1 saturated heterocycles. The van der Waals surface area contributed by atoms with E-state index in [0.717, 1.165) is 24.2 Å². The molecule has 3 N–H and O–H groups in total. The number of likely N-dealkylation sites (tertiary alicyclic amines) is 1. The second-order valence-corrected chi connectivity index (χ2v) is 6.75. The first-order valence-electron chi connectivity index (χ1n) is 8.10. The van der Waals surface area contributed by atoms with E-state index in [1.807, 2.05) is 7.05 Å². The van der Waals surface area contributed by atoms with E-state index in [1.165, 1.54) is 0 Å². The van der Waals surface area contributed by atoms with Crippen molar-refractivity contribution in [3.63, 3.8) is 0 Å². The highest BCUT2D eigenvalue weighted by Gasteiger charge is 2.44. The van der Waals surface area contributed by atoms with Crippen LogP contribution in [0.3, 0.4) is 0 Å². The summed E-state index contributed by atoms with van der Waals surface area (Å²) >= 11 is 0. The van der Waals surface area contributed by atoms with Crippen LogP contribution >= 0.6 is 0 Å². The van der Waals surface area contributed by atoms with Gasteiger partial charge in [-0.3, -0.25) is 9.80 Å². The molecule has 1 aliphatic heterocycles. The molecule has 24 heavy (non-hydrogen) atoms. The number of H-pyrrole nitrogens is 1. The van der Waals surface area contributed by atoms with E-state index in [0.29, 0.717) is 31.4 Å². The minimum Gasteiger partial charge on any atom is -0.480 e. The molecule has 1 aromatic rings. The first kappa shape index (κ1) is 16.6. The summed E-state index contributed by atoms with van der Waals surface area (Å²) in [6, 6.07) is -0.624. The SMILES string of the molecule is CN(Cc1nn[nH]n1)[C@H]1CC[C@H]2CN(C(=O)O)[C@H](C(=O)O)C[C@H]2C1. The van der Waals surface area contributed by atoms with Crippen molar-refractivity contribution in [2.75, 3.05) is 13.6 Å². The van der Waals surface area contributed by atoms with Crippen LogP contribution in [0.5, 0.6) is 0 Å². The lowest BCUT2D eigenvalue weighted by atomic mass is 9.71. The van der Waals surface area contributed by atoms with Gasteiger partial charge in [-0.1, -0.05) is 5.21 Å². The van der Waals surface area contributed by atoms with Crippen molar-refractivity contribution in [1.82, 2.24) is 30.4 Å². The van der Waals surface area contributed by atoms with Crippen molar-refractivity contribution in [3.05, 3.63) is 5.82 Å². The Hall–Kier alpha value is -2.23. The average molecular weight is 338 g/mol. The third-order valence-corrected chi connectivity index (χ3v) is 5.38. The van der Waals surface area contributed by atoms with Crippen molar-refractivity contribution in [3.8, 4) is 0 Å². The molecule has 2 aliphatic rings. The predicted molar refractivity (Wildman–Crippen MR) is 81.0 cm³/mol. The number of rotatable bonds is 4. The summed E-state index contributed by atoms with van der Waals surface area (Å²) < 4.78 is 0. The number of nitrogens with one attached hydrogen (secondary N) is 1. The van der Waals surface area contributed by atoms with Crippen LogP contribution in [0.2, 0.25) is 0 Å². The third-order valence-electron chi connectivity index (χ3n) is 5.38. The maximum atomic E-state index is 11.4. The number of tetrazole rings is 1. The van der Waals surface area contributed by atoms with Gasteiger partial charge in [0.1, 0.15) is 6.04 Å². The first-order valence-corrected chi connectivity index (χ1v) is 8.10. The number of piperidine rings is 1. The van der Waals surface area contributed by atoms with E-state index in [2.05, 4.69) is 25.5 Å². The molecule has 10 nitrogen and oxygen atoms in total. The molecule has 10 heteroatoms. The molecule has 1 aromatic heterocycles. The molecule has 1 amide bonds. The Morgan fingerprint density at radius 1 is 1.29 bits per heavy atom. The fourth-order valence-corrected chi connectivity index (χ4v) is 4.07. The van der Waals surface area contributed by atoms with Gasteiger partial charge in [0.05, 0.1) is 6.54 Å². The van der Waals surface area contributed by atoms with Crippen LogP contribution in [-0.2, 0) is 11.3 Å². The Kier molecular flexibility index (Phi) is 4.65. The van der Waals surface area contributed by atoms with E-state index in [-0.39, 0.29) is 11.8 Å². The Balaban J connectivity index is 1.64. The molecule has 4 atom stereocenters. The van der Waals surface area contributed by atoms with Crippen LogP contribution < -0.4 is 0 Å². The minimum absolute atomic E-state index is 0.230. The summed E-state index contributed by atoms with van der Waals surface area (Å²) in [6.45, 7) is 0.903. The lowest BCUT2D eigenvalue weighted by Crippen LogP contribution is -2.55. The number of carbonyl (C=O) groups is 2. The zero-order valence-electron chi connectivity index (χ0n) is 13.5. The number of aromatic amines is 1. The average Bonchev–Trinajstić information content (AvgIpc) is 3.05. The van der Waals surface area contributed by atoms with Gasteiger partial charge in [0.25, 0.3) is 0 Å². The van der Waals surface area contributed by atoms with Crippen LogP contribution in [0.15, 0.2) is 0 Å². The molecular formula is C14H22N6O4. The number of carboxylic acids is 1. The topological polar surface area (TPSA) is 136 Å². The quantitative estimate of drug-likeness (QED) is 0.711. The largest absolute Gasteiger partial charge is 0.480 e. The molecule has 1 saturated carbocycles. The minimum atomic E-state index is -1.14. The van der Waals surface area contributed by atoms with Crippen molar-refractivity contribution >= 4 is 12.1 Å². The van der Waals surface area contributed by atoms with Crippen LogP contribution in [0.4, 0.5) is 4.79 Å². The van der Waals surface area contributed by atoms with E-state index < -0.39 is 18.1 Å². The third kappa shape index (κ3) is 3.32. The second kappa shape index (κ2) is 6.71. The Labute approximate surface area is 138 Å². The predicted octanol–water partition coefficient (Wildman–Crippen LogP) is 0.253. The van der Waals surface area contributed by atoms with E-state index in [9.17, 15) is 19.8 Å². The Morgan fingerprint density at radius 3 is 2.71 bits per heavy atom. The van der Waals surface area contributed by atoms with E-state index in [4.69, 9.17) is 0 Å². The van der Waals surface area contributed by atoms with E-state index in [1.54, 1.807) is 0 Å². The molecule has 0 radical (unpaired) electrons. The molecule has 1 aliphatic carbocycles. The van der Waals surface area contributed by atoms with Crippen LogP contribution in [0.1, 0.15) is 31.5 Å². The van der Waals surface area contributed by atoms with Gasteiger partial charge >= 0.3 is 12.1 Å². The fourth-order valence-electron chi connectivity index (χ4n) is 4.07. The highest BCUT2D eigenvalue weighted by molar-refractivity contribution is 5.79. The van der Waals surface area contributed by atoms with Crippen molar-refractivity contribution in [1.29, 1.82) is 0 Å². The molecule has 132 valence electrons. The van der Waals surface area contributed by atoms with Crippen LogP contribution in [-0.4, -0.2) is 78.4 Å². The maximum absolute atomic E-state index is 11.4. The number of nitrogens with zero attached hydrogens (tertiary/aromatic N) is 5. The van der Waals surface area contributed by atoms with Gasteiger partial charge in [0.2, 0.25) is 0 Å². The lowest BCUT2D eigenvalue weighted by molar-refractivity contribution is -0.146. The summed E-state index contributed by atoms with van der Waals surface area (Å²) in [5, 5.41) is 32.5. The molecule has 3 rings (SSSR count). The fraction of sp³-hybridized carbons (Fsp3) is 0.786. The van der Waals surface area contributed by atoms with Crippen molar-refractivity contribution in [2.24, 2.45) is 11.8 Å². The molecule has 0 spiro atoms. The summed E-state index contributed by atoms with van der Waals surface area (Å²) in [4.78, 5) is 26.0. The summed E-state index contributed by atoms with van der Waals surface area (Å²) in [6.07, 6.45) is 1.98. The van der Waals surface area contributed by atoms with Crippen LogP contribution in [0, 0.1) is 11.8 Å². The van der Waals surface area contributed by atoms with Crippen molar-refractivity contribution < 1.29 is 19.8 Å². The number of hydrogen-bond donors (Lipinski definition) is 3. The zero-order valence-corrected chi connectivity index (χ0v) is 13.5. The maximum Gasteiger partial charge on any atom is 0.408 e. The highest BCUT2D eigenvalue weighted by Crippen LogP contribution is 2.40. The smallest absolute Gasteiger partial charge is 0.408 e. The molecule has 0 unspecified atom stereocenters. The molecule has 2 fully saturated rings. The Morgan fingerprint density at radius 2 is 2.08 bits per heavy atom. The van der Waals surface area contributed by atoms with E-state index >= 15 is 0 Å². The van der Waals surface area contributed by atoms with Gasteiger partial charge in [0.15, 0.2) is 5.82 Å². The van der Waals surface area contributed by atoms with Gasteiger partial charge in [0, 0.05) is 12.6 Å². The standard InChI is InChI=1S/C14H22N6O4/c1-19(7-12-15-17-18-16-12)10-3-2-8-6-20(14(23)24)11(13(21)22)5-9(8)4-10/h8-11H,2-7H2,1H3,(H,21,22)(H,23,24)(H,15,16,17,18)/t8-,9+,10-,11-/m0/s1. The molecule has 0 bridgehead atoms. The normalized spacial score (nSPS) is 30.2. The van der Waals surface area contributed by atoms with Gasteiger partial charge < -0.3 is 10.2 Å². The first-order chi connectivity index (χ1) is 11.5. The summed E-state index contributed by atoms with van der Waals surface area (Å²) in [7, 11) is 2.00.